The highest BCUT2D eigenvalue weighted by Crippen LogP contribution is 2.40. The fraction of sp³-hybridized carbons (Fsp3) is 0.182. The van der Waals surface area contributed by atoms with E-state index in [1.54, 1.807) is 18.0 Å². The molecule has 0 spiro atoms. The standard InChI is InChI=1S/C22H20N6O2S/c1-26-18-9-4-5-10-19(18)27(2)21(26)17(12-23)20(29)13-31-22-25-24-14-28(22)15-7-6-8-16(11-15)30-3/h4-11,14H,13H2,1-3H3. The van der Waals surface area contributed by atoms with Gasteiger partial charge >= 0.3 is 0 Å². The van der Waals surface area contributed by atoms with Crippen LogP contribution in [0.4, 0.5) is 11.4 Å². The largest absolute Gasteiger partial charge is 0.497 e. The second-order valence-electron chi connectivity index (χ2n) is 6.81. The molecule has 1 aliphatic rings. The summed E-state index contributed by atoms with van der Waals surface area (Å²) >= 11 is 1.24. The van der Waals surface area contributed by atoms with E-state index in [1.165, 1.54) is 11.8 Å². The van der Waals surface area contributed by atoms with E-state index in [1.807, 2.05) is 72.4 Å². The monoisotopic (exact) mass is 432 g/mol. The van der Waals surface area contributed by atoms with Crippen molar-refractivity contribution in [3.8, 4) is 17.5 Å². The third-order valence-electron chi connectivity index (χ3n) is 5.03. The molecule has 0 N–H and O–H groups in total. The molecule has 2 heterocycles. The van der Waals surface area contributed by atoms with E-state index in [-0.39, 0.29) is 17.1 Å². The summed E-state index contributed by atoms with van der Waals surface area (Å²) in [7, 11) is 5.32. The lowest BCUT2D eigenvalue weighted by Crippen LogP contribution is -2.26. The Balaban J connectivity index is 1.57. The number of fused-ring (bicyclic) bond motifs is 1. The molecule has 0 fully saturated rings. The molecule has 0 amide bonds. The van der Waals surface area contributed by atoms with Crippen molar-refractivity contribution in [1.29, 1.82) is 5.26 Å². The van der Waals surface area contributed by atoms with Crippen LogP contribution in [0.3, 0.4) is 0 Å². The van der Waals surface area contributed by atoms with Gasteiger partial charge in [0.15, 0.2) is 10.9 Å². The molecule has 0 saturated heterocycles. The zero-order valence-electron chi connectivity index (χ0n) is 17.3. The third-order valence-corrected chi connectivity index (χ3v) is 5.98. The summed E-state index contributed by atoms with van der Waals surface area (Å²) < 4.78 is 7.06. The van der Waals surface area contributed by atoms with E-state index in [9.17, 15) is 10.1 Å². The zero-order chi connectivity index (χ0) is 22.0. The molecule has 4 rings (SSSR count). The van der Waals surface area contributed by atoms with Gasteiger partial charge < -0.3 is 14.5 Å². The van der Waals surface area contributed by atoms with Crippen LogP contribution in [0.5, 0.6) is 5.75 Å². The number of nitrogens with zero attached hydrogens (tertiary/aromatic N) is 6. The number of methoxy groups -OCH3 is 1. The number of benzene rings is 2. The van der Waals surface area contributed by atoms with Crippen molar-refractivity contribution in [2.24, 2.45) is 0 Å². The van der Waals surface area contributed by atoms with E-state index in [2.05, 4.69) is 16.3 Å². The van der Waals surface area contributed by atoms with Crippen LogP contribution in [0.15, 0.2) is 71.4 Å². The van der Waals surface area contributed by atoms with Crippen LogP contribution in [-0.4, -0.2) is 47.5 Å². The summed E-state index contributed by atoms with van der Waals surface area (Å²) in [5, 5.41) is 18.4. The Labute approximate surface area is 184 Å². The Kier molecular flexibility index (Phi) is 5.64. The third kappa shape index (κ3) is 3.73. The second kappa shape index (κ2) is 8.53. The molecule has 1 aliphatic heterocycles. The van der Waals surface area contributed by atoms with Gasteiger partial charge in [-0.1, -0.05) is 30.0 Å². The average Bonchev–Trinajstić information content (AvgIpc) is 3.37. The maximum Gasteiger partial charge on any atom is 0.196 e. The first-order valence-corrected chi connectivity index (χ1v) is 10.4. The minimum Gasteiger partial charge on any atom is -0.497 e. The van der Waals surface area contributed by atoms with Gasteiger partial charge in [0.2, 0.25) is 0 Å². The van der Waals surface area contributed by atoms with Crippen molar-refractivity contribution in [3.63, 3.8) is 0 Å². The lowest BCUT2D eigenvalue weighted by atomic mass is 10.2. The van der Waals surface area contributed by atoms with Crippen LogP contribution in [0, 0.1) is 11.3 Å². The quantitative estimate of drug-likeness (QED) is 0.333. The van der Waals surface area contributed by atoms with Gasteiger partial charge in [-0.05, 0) is 24.3 Å². The van der Waals surface area contributed by atoms with E-state index >= 15 is 0 Å². The van der Waals surface area contributed by atoms with E-state index in [4.69, 9.17) is 4.74 Å². The number of ether oxygens (including phenoxy) is 1. The number of thioether (sulfide) groups is 1. The first kappa shape index (κ1) is 20.5. The maximum atomic E-state index is 13.0. The summed E-state index contributed by atoms with van der Waals surface area (Å²) in [6.07, 6.45) is 1.58. The lowest BCUT2D eigenvalue weighted by Gasteiger charge is -2.19. The summed E-state index contributed by atoms with van der Waals surface area (Å²) in [5.74, 6) is 1.08. The number of anilines is 2. The molecule has 156 valence electrons. The Hall–Kier alpha value is -3.77. The molecule has 9 heteroatoms. The Morgan fingerprint density at radius 3 is 2.48 bits per heavy atom. The number of Topliss-reactive ketones (excluding diaryl/α,β-unsaturated/α-hetero) is 1. The van der Waals surface area contributed by atoms with Crippen LogP contribution in [0.1, 0.15) is 0 Å². The molecule has 0 radical (unpaired) electrons. The van der Waals surface area contributed by atoms with Crippen molar-refractivity contribution >= 4 is 28.9 Å². The van der Waals surface area contributed by atoms with Gasteiger partial charge in [-0.3, -0.25) is 9.36 Å². The van der Waals surface area contributed by atoms with Crippen LogP contribution < -0.4 is 14.5 Å². The predicted molar refractivity (Wildman–Crippen MR) is 120 cm³/mol. The zero-order valence-corrected chi connectivity index (χ0v) is 18.1. The van der Waals surface area contributed by atoms with Gasteiger partial charge in [0, 0.05) is 20.2 Å². The van der Waals surface area contributed by atoms with E-state index < -0.39 is 0 Å². The van der Waals surface area contributed by atoms with Gasteiger partial charge in [-0.15, -0.1) is 10.2 Å². The molecule has 31 heavy (non-hydrogen) atoms. The van der Waals surface area contributed by atoms with E-state index in [0.29, 0.717) is 16.7 Å². The molecule has 0 bridgehead atoms. The van der Waals surface area contributed by atoms with Gasteiger partial charge in [0.25, 0.3) is 0 Å². The molecule has 0 unspecified atom stereocenters. The Bertz CT molecular complexity index is 1180. The highest BCUT2D eigenvalue weighted by atomic mass is 32.2. The number of hydrogen-bond donors (Lipinski definition) is 0. The Morgan fingerprint density at radius 1 is 1.13 bits per heavy atom. The number of ketones is 1. The predicted octanol–water partition coefficient (Wildman–Crippen LogP) is 3.26. The molecule has 2 aromatic carbocycles. The molecule has 1 aromatic heterocycles. The fourth-order valence-corrected chi connectivity index (χ4v) is 4.32. The van der Waals surface area contributed by atoms with Crippen molar-refractivity contribution < 1.29 is 9.53 Å². The first-order valence-electron chi connectivity index (χ1n) is 9.46. The first-order chi connectivity index (χ1) is 15.0. The summed E-state index contributed by atoms with van der Waals surface area (Å²) in [5.41, 5.74) is 2.84. The molecular formula is C22H20N6O2S. The highest BCUT2D eigenvalue weighted by Gasteiger charge is 2.31. The number of nitriles is 1. The number of rotatable bonds is 6. The molecule has 3 aromatic rings. The van der Waals surface area contributed by atoms with Crippen molar-refractivity contribution in [3.05, 3.63) is 66.3 Å². The maximum absolute atomic E-state index is 13.0. The fourth-order valence-electron chi connectivity index (χ4n) is 3.52. The minimum absolute atomic E-state index is 0.0626. The number of allylic oxidation sites excluding steroid dienone is 1. The van der Waals surface area contributed by atoms with E-state index in [0.717, 1.165) is 17.1 Å². The van der Waals surface area contributed by atoms with Crippen LogP contribution in [0.2, 0.25) is 0 Å². The lowest BCUT2D eigenvalue weighted by molar-refractivity contribution is -0.112. The number of aromatic nitrogens is 3. The van der Waals surface area contributed by atoms with Gasteiger partial charge in [0.1, 0.15) is 29.5 Å². The SMILES string of the molecule is COc1cccc(-n2cnnc2SCC(=O)C(C#N)=C2N(C)c3ccccc3N2C)c1. The van der Waals surface area contributed by atoms with Crippen molar-refractivity contribution in [1.82, 2.24) is 14.8 Å². The summed E-state index contributed by atoms with van der Waals surface area (Å²) in [4.78, 5) is 16.8. The summed E-state index contributed by atoms with van der Waals surface area (Å²) in [6, 6.07) is 17.4. The normalized spacial score (nSPS) is 12.5. The highest BCUT2D eigenvalue weighted by molar-refractivity contribution is 7.99. The van der Waals surface area contributed by atoms with Gasteiger partial charge in [0.05, 0.1) is 29.9 Å². The second-order valence-corrected chi connectivity index (χ2v) is 7.76. The Morgan fingerprint density at radius 2 is 1.84 bits per heavy atom. The molecular weight excluding hydrogens is 412 g/mol. The molecule has 0 atom stereocenters. The smallest absolute Gasteiger partial charge is 0.196 e. The minimum atomic E-state index is -0.269. The molecule has 0 saturated carbocycles. The molecule has 8 nitrogen and oxygen atoms in total. The average molecular weight is 433 g/mol. The van der Waals surface area contributed by atoms with Gasteiger partial charge in [-0.25, -0.2) is 0 Å². The molecule has 0 aliphatic carbocycles. The van der Waals surface area contributed by atoms with Crippen molar-refractivity contribution in [2.45, 2.75) is 5.16 Å². The van der Waals surface area contributed by atoms with Crippen LogP contribution in [0.25, 0.3) is 5.69 Å². The number of para-hydroxylation sites is 2. The number of carbonyl (C=O) groups excluding carboxylic acids is 1. The van der Waals surface area contributed by atoms with Gasteiger partial charge in [-0.2, -0.15) is 5.26 Å². The number of carbonyl (C=O) groups is 1. The topological polar surface area (TPSA) is 87.3 Å². The summed E-state index contributed by atoms with van der Waals surface area (Å²) in [6.45, 7) is 0. The number of hydrogen-bond acceptors (Lipinski definition) is 8. The van der Waals surface area contributed by atoms with Crippen LogP contribution >= 0.6 is 11.8 Å². The van der Waals surface area contributed by atoms with Crippen LogP contribution in [-0.2, 0) is 4.79 Å². The van der Waals surface area contributed by atoms with Crippen molar-refractivity contribution in [2.75, 3.05) is 36.8 Å².